The SMILES string of the molecule is O=C(Cc1ccccc1)NCC1C2CC3CC1CC(C(O)CC1c4ccccc4-c4cncn41)(C3)C2. The first kappa shape index (κ1) is 22.3. The predicted molar refractivity (Wildman–Crippen MR) is 139 cm³/mol. The molecule has 8 rings (SSSR count). The number of hydrogen-bond donors (Lipinski definition) is 2. The predicted octanol–water partition coefficient (Wildman–Crippen LogP) is 5.01. The van der Waals surface area contributed by atoms with E-state index < -0.39 is 0 Å². The molecule has 186 valence electrons. The second-order valence-electron chi connectivity index (χ2n) is 12.0. The summed E-state index contributed by atoms with van der Waals surface area (Å²) in [7, 11) is 0. The van der Waals surface area contributed by atoms with Gasteiger partial charge in [0.15, 0.2) is 0 Å². The lowest BCUT2D eigenvalue weighted by Gasteiger charge is -2.61. The van der Waals surface area contributed by atoms with Crippen molar-refractivity contribution in [2.75, 3.05) is 6.54 Å². The molecule has 2 N–H and O–H groups in total. The molecule has 5 heteroatoms. The molecule has 0 spiro atoms. The summed E-state index contributed by atoms with van der Waals surface area (Å²) in [5.74, 6) is 2.63. The third-order valence-electron chi connectivity index (χ3n) is 10.0. The number of carbonyl (C=O) groups excluding carboxylic acids is 1. The number of benzene rings is 2. The van der Waals surface area contributed by atoms with Crippen LogP contribution in [0.2, 0.25) is 0 Å². The number of fused-ring (bicyclic) bond motifs is 3. The van der Waals surface area contributed by atoms with Crippen molar-refractivity contribution in [1.82, 2.24) is 14.9 Å². The zero-order valence-corrected chi connectivity index (χ0v) is 20.7. The number of amides is 1. The van der Waals surface area contributed by atoms with Crippen molar-refractivity contribution < 1.29 is 9.90 Å². The Balaban J connectivity index is 1.04. The van der Waals surface area contributed by atoms with Crippen molar-refractivity contribution in [1.29, 1.82) is 0 Å². The Morgan fingerprint density at radius 1 is 1.06 bits per heavy atom. The molecule has 4 bridgehead atoms. The number of hydrogen-bond acceptors (Lipinski definition) is 3. The third kappa shape index (κ3) is 3.62. The van der Waals surface area contributed by atoms with Gasteiger partial charge in [0.2, 0.25) is 5.91 Å². The number of carbonyl (C=O) groups is 1. The Labute approximate surface area is 213 Å². The molecule has 4 aliphatic carbocycles. The first-order valence-corrected chi connectivity index (χ1v) is 13.7. The van der Waals surface area contributed by atoms with E-state index in [2.05, 4.69) is 39.1 Å². The first-order valence-electron chi connectivity index (χ1n) is 13.7. The molecule has 0 radical (unpaired) electrons. The Morgan fingerprint density at radius 2 is 1.81 bits per heavy atom. The minimum Gasteiger partial charge on any atom is -0.392 e. The maximum atomic E-state index is 12.6. The minimum absolute atomic E-state index is 0.0271. The molecule has 0 saturated heterocycles. The summed E-state index contributed by atoms with van der Waals surface area (Å²) in [6.07, 6.45) is 10.7. The average molecular weight is 482 g/mol. The summed E-state index contributed by atoms with van der Waals surface area (Å²) in [4.78, 5) is 17.0. The van der Waals surface area contributed by atoms with Gasteiger partial charge in [0.05, 0.1) is 36.8 Å². The molecule has 36 heavy (non-hydrogen) atoms. The zero-order chi connectivity index (χ0) is 24.3. The molecule has 4 saturated carbocycles. The molecule has 1 aromatic heterocycles. The van der Waals surface area contributed by atoms with E-state index in [1.807, 2.05) is 42.9 Å². The fraction of sp³-hybridized carbons (Fsp3) is 0.484. The van der Waals surface area contributed by atoms with E-state index in [0.717, 1.165) is 37.3 Å². The number of nitrogens with zero attached hydrogens (tertiary/aromatic N) is 2. The lowest BCUT2D eigenvalue weighted by atomic mass is 9.44. The van der Waals surface area contributed by atoms with Crippen LogP contribution in [0.4, 0.5) is 0 Å². The quantitative estimate of drug-likeness (QED) is 0.499. The molecule has 1 amide bonds. The third-order valence-corrected chi connectivity index (χ3v) is 10.0. The highest BCUT2D eigenvalue weighted by atomic mass is 16.3. The van der Waals surface area contributed by atoms with Gasteiger partial charge in [0, 0.05) is 12.1 Å². The molecule has 4 fully saturated rings. The fourth-order valence-corrected chi connectivity index (χ4v) is 8.64. The van der Waals surface area contributed by atoms with Gasteiger partial charge >= 0.3 is 0 Å². The van der Waals surface area contributed by atoms with Crippen molar-refractivity contribution in [3.05, 3.63) is 78.2 Å². The number of imidazole rings is 1. The standard InChI is InChI=1S/C31H35N3O2/c35-29(13-27-24-8-4-5-9-25(24)28-18-32-19-34(27)28)31-14-21-10-22(15-31)26(23(11-21)16-31)17-33-30(36)12-20-6-2-1-3-7-20/h1-9,18-19,21-23,26-27,29,35H,10-17H2,(H,33,36). The van der Waals surface area contributed by atoms with Crippen LogP contribution in [0.5, 0.6) is 0 Å². The van der Waals surface area contributed by atoms with Crippen LogP contribution in [0.1, 0.15) is 55.7 Å². The highest BCUT2D eigenvalue weighted by molar-refractivity contribution is 5.78. The van der Waals surface area contributed by atoms with Gasteiger partial charge in [-0.25, -0.2) is 4.98 Å². The van der Waals surface area contributed by atoms with E-state index in [4.69, 9.17) is 0 Å². The van der Waals surface area contributed by atoms with Crippen LogP contribution < -0.4 is 5.32 Å². The smallest absolute Gasteiger partial charge is 0.224 e. The highest BCUT2D eigenvalue weighted by Gasteiger charge is 2.58. The van der Waals surface area contributed by atoms with E-state index in [1.165, 1.54) is 36.1 Å². The van der Waals surface area contributed by atoms with Crippen LogP contribution in [-0.4, -0.2) is 33.2 Å². The molecule has 4 unspecified atom stereocenters. The Morgan fingerprint density at radius 3 is 2.61 bits per heavy atom. The van der Waals surface area contributed by atoms with Crippen molar-refractivity contribution in [2.45, 2.75) is 57.1 Å². The van der Waals surface area contributed by atoms with Crippen LogP contribution in [-0.2, 0) is 11.2 Å². The van der Waals surface area contributed by atoms with Crippen molar-refractivity contribution in [3.8, 4) is 11.3 Å². The van der Waals surface area contributed by atoms with E-state index >= 15 is 0 Å². The summed E-state index contributed by atoms with van der Waals surface area (Å²) in [5.41, 5.74) is 4.83. The zero-order valence-electron chi connectivity index (χ0n) is 20.7. The number of nitrogens with one attached hydrogen (secondary N) is 1. The average Bonchev–Trinajstić information content (AvgIpc) is 3.46. The maximum absolute atomic E-state index is 12.6. The second-order valence-corrected chi connectivity index (χ2v) is 12.0. The Bertz CT molecular complexity index is 1250. The van der Waals surface area contributed by atoms with Gasteiger partial charge in [0.25, 0.3) is 0 Å². The topological polar surface area (TPSA) is 67.2 Å². The maximum Gasteiger partial charge on any atom is 0.224 e. The van der Waals surface area contributed by atoms with Crippen LogP contribution in [0, 0.1) is 29.1 Å². The molecule has 4 atom stereocenters. The minimum atomic E-state index is -0.314. The second kappa shape index (κ2) is 8.58. The number of aromatic nitrogens is 2. The van der Waals surface area contributed by atoms with Gasteiger partial charge in [-0.3, -0.25) is 4.79 Å². The number of aliphatic hydroxyl groups is 1. The van der Waals surface area contributed by atoms with Gasteiger partial charge in [-0.05, 0) is 78.7 Å². The normalized spacial score (nSPS) is 32.2. The number of aliphatic hydroxyl groups excluding tert-OH is 1. The van der Waals surface area contributed by atoms with Crippen molar-refractivity contribution in [2.24, 2.45) is 29.1 Å². The summed E-state index contributed by atoms with van der Waals surface area (Å²) in [5, 5.41) is 15.1. The van der Waals surface area contributed by atoms with Crippen molar-refractivity contribution in [3.63, 3.8) is 0 Å². The van der Waals surface area contributed by atoms with E-state index in [0.29, 0.717) is 24.2 Å². The Kier molecular flexibility index (Phi) is 5.32. The molecule has 5 nitrogen and oxygen atoms in total. The molecule has 1 aliphatic heterocycles. The lowest BCUT2D eigenvalue weighted by molar-refractivity contribution is -0.150. The summed E-state index contributed by atoms with van der Waals surface area (Å²) in [6, 6.07) is 18.8. The highest BCUT2D eigenvalue weighted by Crippen LogP contribution is 2.64. The fourth-order valence-electron chi connectivity index (χ4n) is 8.64. The van der Waals surface area contributed by atoms with E-state index in [1.54, 1.807) is 0 Å². The monoisotopic (exact) mass is 481 g/mol. The van der Waals surface area contributed by atoms with Crippen LogP contribution >= 0.6 is 0 Å². The molecule has 2 heterocycles. The largest absolute Gasteiger partial charge is 0.392 e. The van der Waals surface area contributed by atoms with Gasteiger partial charge in [-0.2, -0.15) is 0 Å². The first-order chi connectivity index (χ1) is 17.6. The molecular weight excluding hydrogens is 446 g/mol. The van der Waals surface area contributed by atoms with Crippen LogP contribution in [0.3, 0.4) is 0 Å². The molecule has 5 aliphatic rings. The lowest BCUT2D eigenvalue weighted by Crippen LogP contribution is -2.57. The van der Waals surface area contributed by atoms with Gasteiger partial charge in [-0.15, -0.1) is 0 Å². The van der Waals surface area contributed by atoms with Gasteiger partial charge < -0.3 is 15.0 Å². The van der Waals surface area contributed by atoms with Crippen molar-refractivity contribution >= 4 is 5.91 Å². The van der Waals surface area contributed by atoms with Gasteiger partial charge in [0.1, 0.15) is 0 Å². The molecule has 2 aromatic carbocycles. The summed E-state index contributed by atoms with van der Waals surface area (Å²) < 4.78 is 2.26. The van der Waals surface area contributed by atoms with Crippen LogP contribution in [0.15, 0.2) is 67.1 Å². The van der Waals surface area contributed by atoms with Crippen LogP contribution in [0.25, 0.3) is 11.3 Å². The molecular formula is C31H35N3O2. The molecule has 3 aromatic rings. The summed E-state index contributed by atoms with van der Waals surface area (Å²) in [6.45, 7) is 0.786. The van der Waals surface area contributed by atoms with Gasteiger partial charge in [-0.1, -0.05) is 54.6 Å². The van der Waals surface area contributed by atoms with E-state index in [9.17, 15) is 9.90 Å². The summed E-state index contributed by atoms with van der Waals surface area (Å²) >= 11 is 0. The number of rotatable bonds is 7. The Hall–Kier alpha value is -2.92. The van der Waals surface area contributed by atoms with E-state index in [-0.39, 0.29) is 23.5 Å².